The van der Waals surface area contributed by atoms with Gasteiger partial charge in [0.15, 0.2) is 5.78 Å². The molecule has 0 heterocycles. The molecule has 1 spiro atoms. The van der Waals surface area contributed by atoms with Gasteiger partial charge < -0.3 is 0 Å². The Kier molecular flexibility index (Phi) is 2.57. The highest BCUT2D eigenvalue weighted by atomic mass is 32.2. The second kappa shape index (κ2) is 3.93. The Bertz CT molecular complexity index is 667. The molecule has 0 amide bonds. The van der Waals surface area contributed by atoms with Crippen LogP contribution in [-0.4, -0.2) is 14.2 Å². The molecule has 1 aromatic rings. The van der Waals surface area contributed by atoms with Crippen molar-refractivity contribution in [1.82, 2.24) is 4.72 Å². The number of Topliss-reactive ketones (excluding diaryl/α,β-unsaturated/α-hetero) is 1. The van der Waals surface area contributed by atoms with Crippen molar-refractivity contribution >= 4 is 15.8 Å². The van der Waals surface area contributed by atoms with Crippen molar-refractivity contribution in [1.29, 1.82) is 0 Å². The molecule has 0 aliphatic heterocycles. The van der Waals surface area contributed by atoms with Gasteiger partial charge in [0.25, 0.3) is 10.0 Å². The Balaban J connectivity index is 1.86. The minimum atomic E-state index is -3.65. The standard InChI is InChI=1S/C14H15NO3S/c1-10-2-4-11(5-3-10)19(17,18)15-12-8-14(6-7-14)9-13(12)16/h2-5,8,15H,6-7,9H2,1H3. The van der Waals surface area contributed by atoms with Gasteiger partial charge in [0.05, 0.1) is 10.6 Å². The van der Waals surface area contributed by atoms with E-state index in [9.17, 15) is 13.2 Å². The van der Waals surface area contributed by atoms with Crippen LogP contribution < -0.4 is 4.72 Å². The smallest absolute Gasteiger partial charge is 0.261 e. The number of rotatable bonds is 3. The van der Waals surface area contributed by atoms with Crippen LogP contribution in [0.1, 0.15) is 24.8 Å². The number of ketones is 1. The monoisotopic (exact) mass is 277 g/mol. The van der Waals surface area contributed by atoms with Crippen molar-refractivity contribution in [2.24, 2.45) is 5.41 Å². The highest BCUT2D eigenvalue weighted by Gasteiger charge is 2.48. The first-order valence-corrected chi connectivity index (χ1v) is 7.74. The third-order valence-electron chi connectivity index (χ3n) is 3.73. The summed E-state index contributed by atoms with van der Waals surface area (Å²) in [6.07, 6.45) is 4.20. The van der Waals surface area contributed by atoms with Crippen molar-refractivity contribution in [3.63, 3.8) is 0 Å². The van der Waals surface area contributed by atoms with Crippen LogP contribution in [0.25, 0.3) is 0 Å². The van der Waals surface area contributed by atoms with Crippen molar-refractivity contribution < 1.29 is 13.2 Å². The first-order valence-electron chi connectivity index (χ1n) is 6.26. The summed E-state index contributed by atoms with van der Waals surface area (Å²) in [6, 6.07) is 6.57. The van der Waals surface area contributed by atoms with Gasteiger partial charge in [-0.1, -0.05) is 17.7 Å². The largest absolute Gasteiger partial charge is 0.292 e. The average Bonchev–Trinajstić information content (AvgIpc) is 3.00. The highest BCUT2D eigenvalue weighted by Crippen LogP contribution is 2.54. The topological polar surface area (TPSA) is 63.2 Å². The van der Waals surface area contributed by atoms with E-state index in [1.807, 2.05) is 6.92 Å². The van der Waals surface area contributed by atoms with E-state index >= 15 is 0 Å². The molecule has 1 N–H and O–H groups in total. The molecule has 1 fully saturated rings. The molecule has 4 nitrogen and oxygen atoms in total. The lowest BCUT2D eigenvalue weighted by molar-refractivity contribution is -0.115. The van der Waals surface area contributed by atoms with Gasteiger partial charge in [0.2, 0.25) is 0 Å². The zero-order valence-electron chi connectivity index (χ0n) is 10.6. The van der Waals surface area contributed by atoms with Gasteiger partial charge in [-0.15, -0.1) is 0 Å². The maximum Gasteiger partial charge on any atom is 0.261 e. The first kappa shape index (κ1) is 12.4. The summed E-state index contributed by atoms with van der Waals surface area (Å²) >= 11 is 0. The number of aryl methyl sites for hydroxylation is 1. The normalized spacial score (nSPS) is 20.5. The number of nitrogens with one attached hydrogen (secondary N) is 1. The lowest BCUT2D eigenvalue weighted by atomic mass is 10.1. The summed E-state index contributed by atoms with van der Waals surface area (Å²) in [6.45, 7) is 1.89. The van der Waals surface area contributed by atoms with Gasteiger partial charge in [-0.2, -0.15) is 0 Å². The lowest BCUT2D eigenvalue weighted by Crippen LogP contribution is -2.25. The molecule has 100 valence electrons. The van der Waals surface area contributed by atoms with Crippen molar-refractivity contribution in [3.05, 3.63) is 41.6 Å². The fourth-order valence-electron chi connectivity index (χ4n) is 2.34. The average molecular weight is 277 g/mol. The fraction of sp³-hybridized carbons (Fsp3) is 0.357. The number of benzene rings is 1. The Labute approximate surface area is 112 Å². The van der Waals surface area contributed by atoms with Gasteiger partial charge in [0, 0.05) is 6.42 Å². The van der Waals surface area contributed by atoms with E-state index in [-0.39, 0.29) is 21.8 Å². The zero-order valence-corrected chi connectivity index (χ0v) is 11.5. The number of allylic oxidation sites excluding steroid dienone is 2. The van der Waals surface area contributed by atoms with Crippen molar-refractivity contribution in [3.8, 4) is 0 Å². The van der Waals surface area contributed by atoms with Gasteiger partial charge >= 0.3 is 0 Å². The van der Waals surface area contributed by atoms with E-state index in [1.54, 1.807) is 30.3 Å². The van der Waals surface area contributed by atoms with Crippen LogP contribution in [0.3, 0.4) is 0 Å². The SMILES string of the molecule is Cc1ccc(S(=O)(=O)NC2=CC3(CC3)CC2=O)cc1. The molecule has 0 unspecified atom stereocenters. The predicted molar refractivity (Wildman–Crippen MR) is 70.9 cm³/mol. The van der Waals surface area contributed by atoms with Crippen LogP contribution in [0.4, 0.5) is 0 Å². The van der Waals surface area contributed by atoms with Gasteiger partial charge in [-0.25, -0.2) is 8.42 Å². The van der Waals surface area contributed by atoms with Gasteiger partial charge in [-0.05, 0) is 43.4 Å². The van der Waals surface area contributed by atoms with Gasteiger partial charge in [0.1, 0.15) is 0 Å². The minimum Gasteiger partial charge on any atom is -0.292 e. The van der Waals surface area contributed by atoms with Crippen LogP contribution in [0.15, 0.2) is 40.9 Å². The Morgan fingerprint density at radius 3 is 2.32 bits per heavy atom. The minimum absolute atomic E-state index is 0.0395. The molecule has 0 radical (unpaired) electrons. The molecular formula is C14H15NO3S. The van der Waals surface area contributed by atoms with Crippen LogP contribution in [0.2, 0.25) is 0 Å². The number of hydrogen-bond donors (Lipinski definition) is 1. The maximum absolute atomic E-state index is 12.2. The van der Waals surface area contributed by atoms with E-state index in [4.69, 9.17) is 0 Å². The van der Waals surface area contributed by atoms with Crippen molar-refractivity contribution in [2.75, 3.05) is 0 Å². The molecule has 1 aromatic carbocycles. The van der Waals surface area contributed by atoms with Crippen molar-refractivity contribution in [2.45, 2.75) is 31.1 Å². The van der Waals surface area contributed by atoms with Gasteiger partial charge in [-0.3, -0.25) is 9.52 Å². The van der Waals surface area contributed by atoms with Crippen LogP contribution in [0.5, 0.6) is 0 Å². The third kappa shape index (κ3) is 2.30. The van der Waals surface area contributed by atoms with Crippen LogP contribution in [0, 0.1) is 12.3 Å². The summed E-state index contributed by atoms with van der Waals surface area (Å²) in [5.41, 5.74) is 1.19. The number of hydrogen-bond acceptors (Lipinski definition) is 3. The molecule has 3 rings (SSSR count). The first-order chi connectivity index (χ1) is 8.90. The van der Waals surface area contributed by atoms with E-state index in [2.05, 4.69) is 4.72 Å². The van der Waals surface area contributed by atoms with E-state index in [0.29, 0.717) is 6.42 Å². The predicted octanol–water partition coefficient (Wildman–Crippen LogP) is 1.91. The molecule has 5 heteroatoms. The quantitative estimate of drug-likeness (QED) is 0.918. The Morgan fingerprint density at radius 1 is 1.16 bits per heavy atom. The highest BCUT2D eigenvalue weighted by molar-refractivity contribution is 7.89. The zero-order chi connectivity index (χ0) is 13.7. The van der Waals surface area contributed by atoms with E-state index < -0.39 is 10.0 Å². The Hall–Kier alpha value is -1.62. The molecule has 1 saturated carbocycles. The van der Waals surface area contributed by atoms with E-state index in [0.717, 1.165) is 18.4 Å². The Morgan fingerprint density at radius 2 is 1.79 bits per heavy atom. The molecule has 2 aliphatic rings. The molecule has 19 heavy (non-hydrogen) atoms. The number of carbonyl (C=O) groups is 1. The lowest BCUT2D eigenvalue weighted by Gasteiger charge is -2.07. The maximum atomic E-state index is 12.2. The number of sulfonamides is 1. The molecule has 2 aliphatic carbocycles. The molecular weight excluding hydrogens is 262 g/mol. The molecule has 0 aromatic heterocycles. The fourth-order valence-corrected chi connectivity index (χ4v) is 3.42. The summed E-state index contributed by atoms with van der Waals surface area (Å²) in [7, 11) is -3.65. The molecule has 0 bridgehead atoms. The summed E-state index contributed by atoms with van der Waals surface area (Å²) < 4.78 is 26.8. The summed E-state index contributed by atoms with van der Waals surface area (Å²) in [5, 5.41) is 0. The van der Waals surface area contributed by atoms with E-state index in [1.165, 1.54) is 0 Å². The molecule has 0 saturated heterocycles. The summed E-state index contributed by atoms with van der Waals surface area (Å²) in [5.74, 6) is -0.104. The third-order valence-corrected chi connectivity index (χ3v) is 5.11. The second-order valence-corrected chi connectivity index (χ2v) is 7.12. The van der Waals surface area contributed by atoms with Crippen LogP contribution >= 0.6 is 0 Å². The number of carbonyl (C=O) groups excluding carboxylic acids is 1. The van der Waals surface area contributed by atoms with Crippen LogP contribution in [-0.2, 0) is 14.8 Å². The molecule has 0 atom stereocenters. The summed E-state index contributed by atoms with van der Waals surface area (Å²) in [4.78, 5) is 12.0. The second-order valence-electron chi connectivity index (χ2n) is 5.44.